The number of hydrogen-bond acceptors (Lipinski definition) is 4. The average Bonchev–Trinajstić information content (AvgIpc) is 3.34. The third-order valence-electron chi connectivity index (χ3n) is 6.02. The summed E-state index contributed by atoms with van der Waals surface area (Å²) in [5.41, 5.74) is 0.246. The van der Waals surface area contributed by atoms with E-state index in [4.69, 9.17) is 0 Å². The molecule has 0 saturated carbocycles. The molecule has 1 aromatic carbocycles. The number of halogens is 1. The van der Waals surface area contributed by atoms with Crippen LogP contribution in [0, 0.1) is 5.41 Å². The van der Waals surface area contributed by atoms with Crippen molar-refractivity contribution in [3.63, 3.8) is 0 Å². The topological polar surface area (TPSA) is 78.7 Å². The van der Waals surface area contributed by atoms with Crippen LogP contribution in [0.3, 0.4) is 0 Å². The fraction of sp³-hybridized carbons (Fsp3) is 0.500. The van der Waals surface area contributed by atoms with Gasteiger partial charge in [0.05, 0.1) is 12.0 Å². The number of alkyl halides is 1. The van der Waals surface area contributed by atoms with E-state index in [-0.39, 0.29) is 24.9 Å². The predicted molar refractivity (Wildman–Crippen MR) is 108 cm³/mol. The Bertz CT molecular complexity index is 858. The Morgan fingerprint density at radius 2 is 1.90 bits per heavy atom. The van der Waals surface area contributed by atoms with Gasteiger partial charge in [-0.05, 0) is 24.5 Å². The zero-order chi connectivity index (χ0) is 21.1. The first-order chi connectivity index (χ1) is 14.5. The van der Waals surface area contributed by atoms with Crippen molar-refractivity contribution in [3.05, 3.63) is 54.4 Å². The largest absolute Gasteiger partial charge is 0.388 e. The first-order valence-corrected chi connectivity index (χ1v) is 10.4. The van der Waals surface area contributed by atoms with Gasteiger partial charge in [0.25, 0.3) is 0 Å². The molecule has 2 amide bonds. The number of likely N-dealkylation sites (tertiary alicyclic amines) is 2. The Morgan fingerprint density at radius 3 is 2.53 bits per heavy atom. The number of aromatic nitrogens is 2. The van der Waals surface area contributed by atoms with Gasteiger partial charge in [0.15, 0.2) is 0 Å². The predicted octanol–water partition coefficient (Wildman–Crippen LogP) is 1.28. The lowest BCUT2D eigenvalue weighted by Gasteiger charge is -2.50. The fourth-order valence-electron chi connectivity index (χ4n) is 4.40. The van der Waals surface area contributed by atoms with Crippen molar-refractivity contribution in [1.82, 2.24) is 19.6 Å². The number of benzene rings is 1. The highest BCUT2D eigenvalue weighted by atomic mass is 19.1. The van der Waals surface area contributed by atoms with E-state index in [1.807, 2.05) is 42.6 Å². The summed E-state index contributed by atoms with van der Waals surface area (Å²) in [7, 11) is 0. The fourth-order valence-corrected chi connectivity index (χ4v) is 4.40. The molecule has 2 fully saturated rings. The van der Waals surface area contributed by atoms with E-state index in [2.05, 4.69) is 5.10 Å². The Morgan fingerprint density at radius 1 is 1.13 bits per heavy atom. The van der Waals surface area contributed by atoms with Gasteiger partial charge in [0.1, 0.15) is 12.3 Å². The van der Waals surface area contributed by atoms with Crippen molar-refractivity contribution in [2.45, 2.75) is 38.1 Å². The van der Waals surface area contributed by atoms with Crippen molar-refractivity contribution in [2.75, 3.05) is 26.2 Å². The van der Waals surface area contributed by atoms with E-state index in [9.17, 15) is 19.1 Å². The van der Waals surface area contributed by atoms with E-state index in [0.717, 1.165) is 5.56 Å². The molecule has 3 heterocycles. The standard InChI is InChI=1S/C22H27FN4O3/c23-18-13-25(14-19(18)28)21(30)22(12-17-6-2-1-3-7-17)15-26(16-22)20(29)8-4-10-27-11-5-9-24-27/h1-3,5-7,9,11,18-19,28H,4,8,10,12-16H2/t18-,19-/m1/s1. The summed E-state index contributed by atoms with van der Waals surface area (Å²) in [6.45, 7) is 1.24. The number of carbonyl (C=O) groups is 2. The zero-order valence-electron chi connectivity index (χ0n) is 16.9. The highest BCUT2D eigenvalue weighted by Crippen LogP contribution is 2.38. The molecule has 2 aromatic rings. The van der Waals surface area contributed by atoms with Crippen molar-refractivity contribution >= 4 is 11.8 Å². The van der Waals surface area contributed by atoms with Crippen LogP contribution in [-0.4, -0.2) is 75.0 Å². The van der Waals surface area contributed by atoms with Crippen LogP contribution in [0.25, 0.3) is 0 Å². The number of aliphatic hydroxyl groups is 1. The summed E-state index contributed by atoms with van der Waals surface area (Å²) in [6.07, 6.45) is 2.58. The second-order valence-electron chi connectivity index (χ2n) is 8.36. The normalized spacial score (nSPS) is 22.7. The Labute approximate surface area is 175 Å². The molecule has 30 heavy (non-hydrogen) atoms. The maximum absolute atomic E-state index is 13.8. The number of hydrogen-bond donors (Lipinski definition) is 1. The maximum Gasteiger partial charge on any atom is 0.232 e. The summed E-state index contributed by atoms with van der Waals surface area (Å²) in [4.78, 5) is 29.0. The molecule has 0 radical (unpaired) electrons. The first kappa shape index (κ1) is 20.5. The van der Waals surface area contributed by atoms with Crippen LogP contribution in [0.1, 0.15) is 18.4 Å². The monoisotopic (exact) mass is 414 g/mol. The number of β-amino-alcohol motifs (C(OH)–C–C–N with tert-alkyl or cyclic N) is 1. The number of rotatable bonds is 7. The quantitative estimate of drug-likeness (QED) is 0.740. The minimum absolute atomic E-state index is 0.00829. The average molecular weight is 414 g/mol. The van der Waals surface area contributed by atoms with Gasteiger partial charge in [-0.15, -0.1) is 0 Å². The molecule has 0 spiro atoms. The maximum atomic E-state index is 13.8. The van der Waals surface area contributed by atoms with Gasteiger partial charge in [-0.25, -0.2) is 4.39 Å². The molecule has 0 bridgehead atoms. The molecule has 2 aliphatic rings. The van der Waals surface area contributed by atoms with E-state index in [0.29, 0.717) is 38.9 Å². The van der Waals surface area contributed by atoms with Crippen molar-refractivity contribution in [3.8, 4) is 0 Å². The third kappa shape index (κ3) is 4.23. The number of aryl methyl sites for hydroxylation is 1. The van der Waals surface area contributed by atoms with E-state index in [1.165, 1.54) is 4.90 Å². The van der Waals surface area contributed by atoms with Crippen LogP contribution in [0.15, 0.2) is 48.8 Å². The minimum atomic E-state index is -1.41. The van der Waals surface area contributed by atoms with Crippen LogP contribution < -0.4 is 0 Å². The van der Waals surface area contributed by atoms with E-state index < -0.39 is 17.7 Å². The van der Waals surface area contributed by atoms with Crippen molar-refractivity contribution < 1.29 is 19.1 Å². The highest BCUT2D eigenvalue weighted by molar-refractivity contribution is 5.88. The second kappa shape index (κ2) is 8.55. The molecule has 1 N–H and O–H groups in total. The summed E-state index contributed by atoms with van der Waals surface area (Å²) in [6, 6.07) is 11.5. The summed E-state index contributed by atoms with van der Waals surface area (Å²) in [5.74, 6) is -0.158. The molecule has 0 unspecified atom stereocenters. The zero-order valence-corrected chi connectivity index (χ0v) is 16.9. The first-order valence-electron chi connectivity index (χ1n) is 10.4. The van der Waals surface area contributed by atoms with E-state index >= 15 is 0 Å². The Hall–Kier alpha value is -2.74. The number of nitrogens with zero attached hydrogens (tertiary/aromatic N) is 4. The molecule has 2 atom stereocenters. The van der Waals surface area contributed by atoms with Gasteiger partial charge >= 0.3 is 0 Å². The molecule has 2 aliphatic heterocycles. The lowest BCUT2D eigenvalue weighted by Crippen LogP contribution is -2.66. The van der Waals surface area contributed by atoms with Gasteiger partial charge in [-0.1, -0.05) is 30.3 Å². The minimum Gasteiger partial charge on any atom is -0.388 e. The van der Waals surface area contributed by atoms with Gasteiger partial charge < -0.3 is 14.9 Å². The van der Waals surface area contributed by atoms with Gasteiger partial charge in [-0.3, -0.25) is 14.3 Å². The van der Waals surface area contributed by atoms with Crippen LogP contribution in [-0.2, 0) is 22.6 Å². The van der Waals surface area contributed by atoms with Crippen LogP contribution in [0.4, 0.5) is 4.39 Å². The summed E-state index contributed by atoms with van der Waals surface area (Å²) >= 11 is 0. The molecule has 8 heteroatoms. The molecular formula is C22H27FN4O3. The van der Waals surface area contributed by atoms with Crippen molar-refractivity contribution in [1.29, 1.82) is 0 Å². The Balaban J connectivity index is 1.40. The number of aliphatic hydroxyl groups excluding tert-OH is 1. The molecule has 4 rings (SSSR count). The SMILES string of the molecule is O=C(CCCn1cccn1)N1CC(Cc2ccccc2)(C(=O)N2C[C@@H](O)[C@H](F)C2)C1. The lowest BCUT2D eigenvalue weighted by atomic mass is 9.73. The summed E-state index contributed by atoms with van der Waals surface area (Å²) in [5, 5.41) is 13.9. The van der Waals surface area contributed by atoms with Gasteiger partial charge in [0.2, 0.25) is 11.8 Å². The smallest absolute Gasteiger partial charge is 0.232 e. The third-order valence-corrected chi connectivity index (χ3v) is 6.02. The van der Waals surface area contributed by atoms with E-state index in [1.54, 1.807) is 15.8 Å². The molecule has 7 nitrogen and oxygen atoms in total. The van der Waals surface area contributed by atoms with Crippen LogP contribution in [0.2, 0.25) is 0 Å². The molecule has 0 aliphatic carbocycles. The van der Waals surface area contributed by atoms with Crippen LogP contribution in [0.5, 0.6) is 0 Å². The summed E-state index contributed by atoms with van der Waals surface area (Å²) < 4.78 is 15.6. The molecule has 160 valence electrons. The Kier molecular flexibility index (Phi) is 5.85. The van der Waals surface area contributed by atoms with Gasteiger partial charge in [0, 0.05) is 45.0 Å². The van der Waals surface area contributed by atoms with Gasteiger partial charge in [-0.2, -0.15) is 5.10 Å². The molecule has 2 saturated heterocycles. The van der Waals surface area contributed by atoms with Crippen molar-refractivity contribution in [2.24, 2.45) is 5.41 Å². The molecule has 1 aromatic heterocycles. The molecular weight excluding hydrogens is 387 g/mol. The number of amides is 2. The van der Waals surface area contributed by atoms with Crippen LogP contribution >= 0.6 is 0 Å². The lowest BCUT2D eigenvalue weighted by molar-refractivity contribution is -0.160. The number of carbonyl (C=O) groups excluding carboxylic acids is 2. The second-order valence-corrected chi connectivity index (χ2v) is 8.36. The highest BCUT2D eigenvalue weighted by Gasteiger charge is 2.53.